The summed E-state index contributed by atoms with van der Waals surface area (Å²) in [6, 6.07) is 20.8. The third-order valence-corrected chi connectivity index (χ3v) is 4.57. The quantitative estimate of drug-likeness (QED) is 0.364. The summed E-state index contributed by atoms with van der Waals surface area (Å²) in [6.07, 6.45) is 0. The van der Waals surface area contributed by atoms with Crippen LogP contribution in [0.25, 0.3) is 0 Å². The van der Waals surface area contributed by atoms with Gasteiger partial charge in [0.1, 0.15) is 0 Å². The molecule has 0 bridgehead atoms. The number of nitrogens with two attached hydrogens (primary N) is 2. The second-order valence-electron chi connectivity index (χ2n) is 6.88. The van der Waals surface area contributed by atoms with Gasteiger partial charge in [-0.25, -0.2) is 0 Å². The minimum absolute atomic E-state index is 0.466. The van der Waals surface area contributed by atoms with E-state index in [1.807, 2.05) is 12.1 Å². The van der Waals surface area contributed by atoms with Crippen LogP contribution in [0.4, 0.5) is 0 Å². The van der Waals surface area contributed by atoms with Gasteiger partial charge in [-0.2, -0.15) is 8.42 Å². The van der Waals surface area contributed by atoms with E-state index >= 15 is 0 Å². The van der Waals surface area contributed by atoms with Crippen LogP contribution in [0.1, 0.15) is 23.0 Å². The molecule has 10 nitrogen and oxygen atoms in total. The zero-order valence-corrected chi connectivity index (χ0v) is 17.7. The van der Waals surface area contributed by atoms with Gasteiger partial charge in [0.2, 0.25) is 0 Å². The van der Waals surface area contributed by atoms with Gasteiger partial charge in [0, 0.05) is 24.9 Å². The number of hydrogen-bond donors (Lipinski definition) is 6. The average molecular weight is 449 g/mol. The van der Waals surface area contributed by atoms with Crippen LogP contribution in [-0.4, -0.2) is 55.6 Å². The second kappa shape index (κ2) is 11.9. The Kier molecular flexibility index (Phi) is 9.25. The molecular weight excluding hydrogens is 420 g/mol. The number of benzene rings is 2. The van der Waals surface area contributed by atoms with E-state index in [4.69, 9.17) is 29.0 Å². The van der Waals surface area contributed by atoms with Gasteiger partial charge >= 0.3 is 10.4 Å². The van der Waals surface area contributed by atoms with Crippen molar-refractivity contribution >= 4 is 22.3 Å². The zero-order valence-electron chi connectivity index (χ0n) is 16.9. The average Bonchev–Trinajstić information content (AvgIpc) is 2.75. The fraction of sp³-hybridized carbons (Fsp3) is 0.300. The Hall–Kier alpha value is -3.15. The first-order valence-corrected chi connectivity index (χ1v) is 11.0. The smallest absolute Gasteiger partial charge is 0.370 e. The van der Waals surface area contributed by atoms with Crippen molar-refractivity contribution in [3.63, 3.8) is 0 Å². The van der Waals surface area contributed by atoms with E-state index in [0.717, 1.165) is 26.2 Å². The van der Waals surface area contributed by atoms with Crippen molar-refractivity contribution in [2.24, 2.45) is 21.5 Å². The lowest BCUT2D eigenvalue weighted by molar-refractivity contribution is 0.381. The third kappa shape index (κ3) is 9.94. The molecule has 0 amide bonds. The molecule has 0 aromatic heterocycles. The standard InChI is InChI=1S/2C10H13N3.H2O4S/c2*11-10-12-6-9(7-13-10)8-4-2-1-3-5-8;1-5(2,3)4/h2*1-5,9H,6-7H2,(H3,11,12,13);(H2,1,2,3,4). The van der Waals surface area contributed by atoms with Gasteiger partial charge < -0.3 is 22.1 Å². The first kappa shape index (κ1) is 24.1. The van der Waals surface area contributed by atoms with Crippen LogP contribution in [0.2, 0.25) is 0 Å². The Balaban J connectivity index is 0.000000182. The number of rotatable bonds is 2. The molecule has 168 valence electrons. The second-order valence-corrected chi connectivity index (χ2v) is 7.77. The lowest BCUT2D eigenvalue weighted by atomic mass is 9.98. The molecule has 2 aromatic rings. The summed E-state index contributed by atoms with van der Waals surface area (Å²) >= 11 is 0. The highest BCUT2D eigenvalue weighted by Gasteiger charge is 2.15. The molecule has 2 aliphatic rings. The van der Waals surface area contributed by atoms with Crippen LogP contribution in [-0.2, 0) is 10.4 Å². The molecule has 2 aromatic carbocycles. The maximum absolute atomic E-state index is 8.74. The molecule has 2 unspecified atom stereocenters. The summed E-state index contributed by atoms with van der Waals surface area (Å²) in [5.41, 5.74) is 13.7. The molecule has 11 heteroatoms. The van der Waals surface area contributed by atoms with Gasteiger partial charge in [0.15, 0.2) is 11.9 Å². The van der Waals surface area contributed by atoms with Crippen molar-refractivity contribution in [3.8, 4) is 0 Å². The van der Waals surface area contributed by atoms with Crippen molar-refractivity contribution in [2.75, 3.05) is 26.2 Å². The highest BCUT2D eigenvalue weighted by molar-refractivity contribution is 7.79. The van der Waals surface area contributed by atoms with E-state index < -0.39 is 10.4 Å². The lowest BCUT2D eigenvalue weighted by Gasteiger charge is -2.21. The molecule has 0 saturated heterocycles. The third-order valence-electron chi connectivity index (χ3n) is 4.57. The fourth-order valence-corrected chi connectivity index (χ4v) is 3.01. The van der Waals surface area contributed by atoms with Gasteiger partial charge in [-0.1, -0.05) is 60.7 Å². The zero-order chi connectivity index (χ0) is 22.7. The highest BCUT2D eigenvalue weighted by atomic mass is 32.3. The maximum Gasteiger partial charge on any atom is 0.394 e. The van der Waals surface area contributed by atoms with E-state index in [1.165, 1.54) is 11.1 Å². The van der Waals surface area contributed by atoms with Crippen molar-refractivity contribution in [1.29, 1.82) is 0 Å². The number of nitrogens with zero attached hydrogens (tertiary/aromatic N) is 2. The first-order chi connectivity index (χ1) is 14.7. The molecule has 0 spiro atoms. The summed E-state index contributed by atoms with van der Waals surface area (Å²) in [7, 11) is -4.67. The van der Waals surface area contributed by atoms with Crippen LogP contribution in [0.3, 0.4) is 0 Å². The van der Waals surface area contributed by atoms with Crippen molar-refractivity contribution in [2.45, 2.75) is 11.8 Å². The summed E-state index contributed by atoms with van der Waals surface area (Å²) in [5, 5.41) is 6.12. The van der Waals surface area contributed by atoms with Crippen LogP contribution in [0.5, 0.6) is 0 Å². The minimum atomic E-state index is -4.67. The maximum atomic E-state index is 8.74. The van der Waals surface area contributed by atoms with Crippen LogP contribution in [0.15, 0.2) is 70.6 Å². The predicted molar refractivity (Wildman–Crippen MR) is 122 cm³/mol. The molecule has 2 aliphatic heterocycles. The van der Waals surface area contributed by atoms with Crippen LogP contribution in [0, 0.1) is 0 Å². The molecule has 2 heterocycles. The van der Waals surface area contributed by atoms with E-state index in [2.05, 4.69) is 69.1 Å². The molecule has 4 rings (SSSR count). The van der Waals surface area contributed by atoms with E-state index in [9.17, 15) is 0 Å². The lowest BCUT2D eigenvalue weighted by Crippen LogP contribution is -2.39. The summed E-state index contributed by atoms with van der Waals surface area (Å²) < 4.78 is 31.6. The normalized spacial score (nSPS) is 20.2. The summed E-state index contributed by atoms with van der Waals surface area (Å²) in [5.74, 6) is 2.06. The Bertz CT molecular complexity index is 894. The number of aliphatic imine (C=N–C) groups is 2. The summed E-state index contributed by atoms with van der Waals surface area (Å²) in [6.45, 7) is 3.37. The Morgan fingerprint density at radius 2 is 1.06 bits per heavy atom. The van der Waals surface area contributed by atoms with E-state index in [0.29, 0.717) is 23.8 Å². The van der Waals surface area contributed by atoms with Gasteiger partial charge in [0.25, 0.3) is 0 Å². The van der Waals surface area contributed by atoms with Gasteiger partial charge in [-0.05, 0) is 11.1 Å². The molecule has 0 saturated carbocycles. The van der Waals surface area contributed by atoms with Gasteiger partial charge in [0.05, 0.1) is 13.1 Å². The largest absolute Gasteiger partial charge is 0.394 e. The Morgan fingerprint density at radius 1 is 0.742 bits per heavy atom. The molecular formula is C20H28N6O4S. The Labute approximate surface area is 182 Å². The summed E-state index contributed by atoms with van der Waals surface area (Å²) in [4.78, 5) is 8.34. The molecule has 0 fully saturated rings. The van der Waals surface area contributed by atoms with Crippen molar-refractivity contribution < 1.29 is 17.5 Å². The highest BCUT2D eigenvalue weighted by Crippen LogP contribution is 2.17. The van der Waals surface area contributed by atoms with Crippen molar-refractivity contribution in [3.05, 3.63) is 71.8 Å². The number of nitrogens with one attached hydrogen (secondary N) is 2. The monoisotopic (exact) mass is 448 g/mol. The Morgan fingerprint density at radius 3 is 1.32 bits per heavy atom. The first-order valence-electron chi connectivity index (χ1n) is 9.59. The number of hydrogen-bond acceptors (Lipinski definition) is 8. The number of guanidine groups is 2. The predicted octanol–water partition coefficient (Wildman–Crippen LogP) is 0.723. The molecule has 0 aliphatic carbocycles. The van der Waals surface area contributed by atoms with Crippen LogP contribution < -0.4 is 22.1 Å². The molecule has 2 atom stereocenters. The molecule has 0 radical (unpaired) electrons. The fourth-order valence-electron chi connectivity index (χ4n) is 3.01. The van der Waals surface area contributed by atoms with E-state index in [-0.39, 0.29) is 0 Å². The van der Waals surface area contributed by atoms with E-state index in [1.54, 1.807) is 0 Å². The minimum Gasteiger partial charge on any atom is -0.370 e. The van der Waals surface area contributed by atoms with Gasteiger partial charge in [-0.15, -0.1) is 0 Å². The molecule has 31 heavy (non-hydrogen) atoms. The SMILES string of the molecule is NC1=NCC(c2ccccc2)CN1.NC1=NCC(c2ccccc2)CN1.O=S(=O)(O)O. The topological polar surface area (TPSA) is 175 Å². The van der Waals surface area contributed by atoms with Gasteiger partial charge in [-0.3, -0.25) is 19.1 Å². The van der Waals surface area contributed by atoms with Crippen LogP contribution >= 0.6 is 0 Å². The van der Waals surface area contributed by atoms with Crippen molar-refractivity contribution in [1.82, 2.24) is 10.6 Å². The molecule has 8 N–H and O–H groups in total.